The van der Waals surface area contributed by atoms with Crippen LogP contribution in [0.4, 0.5) is 5.69 Å². The molecule has 2 aromatic rings. The van der Waals surface area contributed by atoms with Gasteiger partial charge in [-0.15, -0.1) is 0 Å². The van der Waals surface area contributed by atoms with Crippen LogP contribution in [0.15, 0.2) is 41.0 Å². The third kappa shape index (κ3) is 2.79. The lowest BCUT2D eigenvalue weighted by Crippen LogP contribution is -2.02. The summed E-state index contributed by atoms with van der Waals surface area (Å²) in [4.78, 5) is 10.8. The molecule has 88 valence electrons. The number of hydrogen-bond donors (Lipinski definition) is 2. The minimum absolute atomic E-state index is 0.191. The highest BCUT2D eigenvalue weighted by Crippen LogP contribution is 2.23. The maximum Gasteiger partial charge on any atom is 0.335 e. The van der Waals surface area contributed by atoms with E-state index >= 15 is 0 Å². The molecule has 0 spiro atoms. The lowest BCUT2D eigenvalue weighted by molar-refractivity contribution is 0.0697. The lowest BCUT2D eigenvalue weighted by Gasteiger charge is -2.07. The van der Waals surface area contributed by atoms with Gasteiger partial charge in [0.15, 0.2) is 0 Å². The lowest BCUT2D eigenvalue weighted by atomic mass is 10.2. The van der Waals surface area contributed by atoms with Gasteiger partial charge in [-0.3, -0.25) is 0 Å². The Morgan fingerprint density at radius 2 is 2.24 bits per heavy atom. The van der Waals surface area contributed by atoms with E-state index in [0.29, 0.717) is 17.3 Å². The first-order valence-electron chi connectivity index (χ1n) is 4.96. The van der Waals surface area contributed by atoms with Gasteiger partial charge in [-0.2, -0.15) is 0 Å². The zero-order valence-corrected chi connectivity index (χ0v) is 9.57. The molecule has 0 aliphatic carbocycles. The van der Waals surface area contributed by atoms with Crippen LogP contribution in [0.1, 0.15) is 16.1 Å². The molecular weight excluding hydrogens is 242 g/mol. The average Bonchev–Trinajstić information content (AvgIpc) is 2.80. The molecule has 4 nitrogen and oxygen atoms in total. The van der Waals surface area contributed by atoms with Gasteiger partial charge in [0, 0.05) is 0 Å². The Labute approximate surface area is 103 Å². The van der Waals surface area contributed by atoms with Crippen molar-refractivity contribution in [2.45, 2.75) is 6.54 Å². The number of aromatic carboxylic acids is 1. The predicted molar refractivity (Wildman–Crippen MR) is 64.4 cm³/mol. The summed E-state index contributed by atoms with van der Waals surface area (Å²) < 4.78 is 5.15. The van der Waals surface area contributed by atoms with Crippen LogP contribution in [0, 0.1) is 0 Å². The smallest absolute Gasteiger partial charge is 0.335 e. The molecule has 5 heteroatoms. The molecule has 17 heavy (non-hydrogen) atoms. The van der Waals surface area contributed by atoms with E-state index in [1.54, 1.807) is 18.4 Å². The second kappa shape index (κ2) is 4.93. The van der Waals surface area contributed by atoms with Gasteiger partial charge in [-0.1, -0.05) is 11.6 Å². The average molecular weight is 252 g/mol. The Kier molecular flexibility index (Phi) is 3.35. The van der Waals surface area contributed by atoms with Crippen molar-refractivity contribution in [1.82, 2.24) is 0 Å². The van der Waals surface area contributed by atoms with Crippen LogP contribution in [-0.4, -0.2) is 11.1 Å². The number of carboxylic acids is 1. The fraction of sp³-hybridized carbons (Fsp3) is 0.0833. The monoisotopic (exact) mass is 251 g/mol. The fourth-order valence-electron chi connectivity index (χ4n) is 1.39. The number of hydrogen-bond acceptors (Lipinski definition) is 3. The van der Waals surface area contributed by atoms with Crippen LogP contribution in [0.2, 0.25) is 5.02 Å². The van der Waals surface area contributed by atoms with Gasteiger partial charge in [0.1, 0.15) is 5.76 Å². The van der Waals surface area contributed by atoms with Crippen molar-refractivity contribution in [3.05, 3.63) is 52.9 Å². The number of nitrogens with one attached hydrogen (secondary N) is 1. The Balaban J connectivity index is 2.14. The van der Waals surface area contributed by atoms with Gasteiger partial charge in [-0.25, -0.2) is 4.79 Å². The Morgan fingerprint density at radius 1 is 1.41 bits per heavy atom. The second-order valence-corrected chi connectivity index (χ2v) is 3.84. The molecule has 0 aliphatic rings. The number of carbonyl (C=O) groups is 1. The highest BCUT2D eigenvalue weighted by Gasteiger charge is 2.07. The molecule has 0 aliphatic heterocycles. The third-order valence-corrected chi connectivity index (χ3v) is 2.58. The SMILES string of the molecule is O=C(O)c1ccc(Cl)c(NCc2ccco2)c1. The van der Waals surface area contributed by atoms with Gasteiger partial charge < -0.3 is 14.8 Å². The molecule has 2 N–H and O–H groups in total. The van der Waals surface area contributed by atoms with Gasteiger partial charge in [-0.05, 0) is 30.3 Å². The predicted octanol–water partition coefficient (Wildman–Crippen LogP) is 3.24. The summed E-state index contributed by atoms with van der Waals surface area (Å²) in [6, 6.07) is 8.11. The fourth-order valence-corrected chi connectivity index (χ4v) is 1.57. The molecule has 2 rings (SSSR count). The van der Waals surface area contributed by atoms with Crippen LogP contribution in [0.5, 0.6) is 0 Å². The first kappa shape index (κ1) is 11.5. The highest BCUT2D eigenvalue weighted by atomic mass is 35.5. The van der Waals surface area contributed by atoms with E-state index in [2.05, 4.69) is 5.32 Å². The first-order chi connectivity index (χ1) is 8.16. The largest absolute Gasteiger partial charge is 0.478 e. The molecule has 0 saturated heterocycles. The minimum atomic E-state index is -0.984. The summed E-state index contributed by atoms with van der Waals surface area (Å²) in [6.45, 7) is 0.454. The van der Waals surface area contributed by atoms with E-state index in [4.69, 9.17) is 21.1 Å². The standard InChI is InChI=1S/C12H10ClNO3/c13-10-4-3-8(12(15)16)6-11(10)14-7-9-2-1-5-17-9/h1-6,14H,7H2,(H,15,16). The topological polar surface area (TPSA) is 62.5 Å². The summed E-state index contributed by atoms with van der Waals surface area (Å²) in [5.74, 6) is -0.232. The second-order valence-electron chi connectivity index (χ2n) is 3.43. The van der Waals surface area contributed by atoms with Gasteiger partial charge in [0.25, 0.3) is 0 Å². The van der Waals surface area contributed by atoms with Crippen molar-refractivity contribution < 1.29 is 14.3 Å². The van der Waals surface area contributed by atoms with Crippen LogP contribution in [0.25, 0.3) is 0 Å². The summed E-state index contributed by atoms with van der Waals surface area (Å²) in [5, 5.41) is 12.4. The summed E-state index contributed by atoms with van der Waals surface area (Å²) in [7, 11) is 0. The molecule has 0 radical (unpaired) electrons. The number of anilines is 1. The molecule has 0 fully saturated rings. The van der Waals surface area contributed by atoms with Gasteiger partial charge in [0.05, 0.1) is 29.1 Å². The van der Waals surface area contributed by atoms with E-state index in [1.807, 2.05) is 6.07 Å². The van der Waals surface area contributed by atoms with Crippen LogP contribution < -0.4 is 5.32 Å². The maximum absolute atomic E-state index is 10.8. The molecular formula is C12H10ClNO3. The molecule has 1 aromatic heterocycles. The van der Waals surface area contributed by atoms with Crippen molar-refractivity contribution in [1.29, 1.82) is 0 Å². The minimum Gasteiger partial charge on any atom is -0.478 e. The first-order valence-corrected chi connectivity index (χ1v) is 5.33. The molecule has 0 saturated carbocycles. The molecule has 0 atom stereocenters. The van der Waals surface area contributed by atoms with Crippen molar-refractivity contribution in [2.75, 3.05) is 5.32 Å². The van der Waals surface area contributed by atoms with E-state index < -0.39 is 5.97 Å². The number of carboxylic acid groups (broad SMARTS) is 1. The molecule has 1 aromatic carbocycles. The number of benzene rings is 1. The zero-order chi connectivity index (χ0) is 12.3. The third-order valence-electron chi connectivity index (χ3n) is 2.25. The molecule has 0 unspecified atom stereocenters. The van der Waals surface area contributed by atoms with Gasteiger partial charge in [0.2, 0.25) is 0 Å². The summed E-state index contributed by atoms with van der Waals surface area (Å²) in [5.41, 5.74) is 0.763. The van der Waals surface area contributed by atoms with E-state index in [9.17, 15) is 4.79 Å². The number of rotatable bonds is 4. The normalized spacial score (nSPS) is 10.2. The van der Waals surface area contributed by atoms with Crippen LogP contribution in [0.3, 0.4) is 0 Å². The maximum atomic E-state index is 10.8. The Bertz CT molecular complexity index is 523. The van der Waals surface area contributed by atoms with Crippen LogP contribution in [-0.2, 0) is 6.54 Å². The Hall–Kier alpha value is -1.94. The van der Waals surface area contributed by atoms with Crippen molar-refractivity contribution in [3.63, 3.8) is 0 Å². The summed E-state index contributed by atoms with van der Waals surface area (Å²) in [6.07, 6.45) is 1.58. The zero-order valence-electron chi connectivity index (χ0n) is 8.81. The van der Waals surface area contributed by atoms with Crippen molar-refractivity contribution in [2.24, 2.45) is 0 Å². The van der Waals surface area contributed by atoms with Crippen molar-refractivity contribution in [3.8, 4) is 0 Å². The van der Waals surface area contributed by atoms with Crippen LogP contribution >= 0.6 is 11.6 Å². The summed E-state index contributed by atoms with van der Waals surface area (Å²) >= 11 is 5.96. The van der Waals surface area contributed by atoms with E-state index in [-0.39, 0.29) is 5.56 Å². The van der Waals surface area contributed by atoms with E-state index in [0.717, 1.165) is 5.76 Å². The van der Waals surface area contributed by atoms with Gasteiger partial charge >= 0.3 is 5.97 Å². The molecule has 0 bridgehead atoms. The molecule has 0 amide bonds. The Morgan fingerprint density at radius 3 is 2.88 bits per heavy atom. The number of furan rings is 1. The quantitative estimate of drug-likeness (QED) is 0.876. The van der Waals surface area contributed by atoms with Crippen molar-refractivity contribution >= 4 is 23.3 Å². The highest BCUT2D eigenvalue weighted by molar-refractivity contribution is 6.33. The molecule has 1 heterocycles. The number of halogens is 1. The van der Waals surface area contributed by atoms with E-state index in [1.165, 1.54) is 12.1 Å².